The van der Waals surface area contributed by atoms with Gasteiger partial charge in [-0.25, -0.2) is 8.78 Å². The lowest BCUT2D eigenvalue weighted by Gasteiger charge is -2.13. The van der Waals surface area contributed by atoms with E-state index in [9.17, 15) is 13.9 Å². The normalized spacial score (nSPS) is 13.3. The molecule has 0 amide bonds. The number of nitrogens with two attached hydrogens (primary N) is 1. The Bertz CT molecular complexity index is 346. The molecule has 0 aliphatic rings. The van der Waals surface area contributed by atoms with Gasteiger partial charge in [-0.2, -0.15) is 0 Å². The first kappa shape index (κ1) is 11.9. The molecule has 0 saturated carbocycles. The molecular weight excluding hydrogens is 324 g/mol. The number of rotatable bonds is 2. The fourth-order valence-electron chi connectivity index (χ4n) is 0.976. The van der Waals surface area contributed by atoms with Crippen molar-refractivity contribution in [1.82, 2.24) is 0 Å². The van der Waals surface area contributed by atoms with Crippen LogP contribution >= 0.6 is 31.9 Å². The maximum atomic E-state index is 12.3. The summed E-state index contributed by atoms with van der Waals surface area (Å²) in [5.74, 6) is -0.249. The second-order valence-electron chi connectivity index (χ2n) is 2.69. The smallest absolute Gasteiger partial charge is 0.257 e. The lowest BCUT2D eigenvalue weighted by molar-refractivity contribution is 0.115. The van der Waals surface area contributed by atoms with E-state index >= 15 is 0 Å². The summed E-state index contributed by atoms with van der Waals surface area (Å²) in [5, 5.41) is 9.46. The van der Waals surface area contributed by atoms with E-state index in [2.05, 4.69) is 31.9 Å². The minimum atomic E-state index is -2.71. The van der Waals surface area contributed by atoms with Crippen LogP contribution in [0.4, 0.5) is 8.78 Å². The number of hydrogen-bond donors (Lipinski definition) is 2. The van der Waals surface area contributed by atoms with Crippen molar-refractivity contribution in [3.8, 4) is 5.75 Å². The zero-order chi connectivity index (χ0) is 10.9. The number of aromatic hydroxyl groups is 1. The van der Waals surface area contributed by atoms with Gasteiger partial charge in [-0.05, 0) is 28.1 Å². The molecule has 0 fully saturated rings. The molecule has 0 aromatic heterocycles. The Kier molecular flexibility index (Phi) is 3.86. The van der Waals surface area contributed by atoms with Gasteiger partial charge in [0.05, 0.1) is 10.5 Å². The topological polar surface area (TPSA) is 46.2 Å². The van der Waals surface area contributed by atoms with Gasteiger partial charge < -0.3 is 10.8 Å². The molecule has 78 valence electrons. The summed E-state index contributed by atoms with van der Waals surface area (Å²) in [6.45, 7) is 0. The molecule has 14 heavy (non-hydrogen) atoms. The first-order valence-corrected chi connectivity index (χ1v) is 5.23. The third-order valence-corrected chi connectivity index (χ3v) is 2.75. The zero-order valence-corrected chi connectivity index (χ0v) is 10.0. The lowest BCUT2D eigenvalue weighted by Crippen LogP contribution is -2.19. The van der Waals surface area contributed by atoms with Crippen LogP contribution in [0.15, 0.2) is 21.1 Å². The summed E-state index contributed by atoms with van der Waals surface area (Å²) in [6, 6.07) is 1.44. The Labute approximate surface area is 96.4 Å². The van der Waals surface area contributed by atoms with Gasteiger partial charge in [0.25, 0.3) is 6.43 Å². The summed E-state index contributed by atoms with van der Waals surface area (Å²) in [5.41, 5.74) is 5.24. The lowest BCUT2D eigenvalue weighted by atomic mass is 10.1. The molecule has 1 aromatic carbocycles. The van der Waals surface area contributed by atoms with Gasteiger partial charge in [0.2, 0.25) is 0 Å². The monoisotopic (exact) mass is 329 g/mol. The Morgan fingerprint density at radius 2 is 1.86 bits per heavy atom. The van der Waals surface area contributed by atoms with E-state index in [1.54, 1.807) is 6.07 Å². The van der Waals surface area contributed by atoms with E-state index in [1.165, 1.54) is 6.07 Å². The first-order chi connectivity index (χ1) is 6.43. The van der Waals surface area contributed by atoms with Crippen LogP contribution in [0.3, 0.4) is 0 Å². The molecule has 0 spiro atoms. The van der Waals surface area contributed by atoms with Crippen LogP contribution in [0.5, 0.6) is 5.75 Å². The molecule has 2 nitrogen and oxygen atoms in total. The molecule has 0 radical (unpaired) electrons. The standard InChI is InChI=1S/C8H7Br2F2NO/c9-3-1-4(6(13)8(11)12)7(14)5(10)2-3/h1-2,6,8,14H,13H2/t6-/m0/s1. The molecule has 0 aliphatic heterocycles. The van der Waals surface area contributed by atoms with Gasteiger partial charge in [-0.3, -0.25) is 0 Å². The van der Waals surface area contributed by atoms with Crippen LogP contribution < -0.4 is 5.73 Å². The average molecular weight is 331 g/mol. The van der Waals surface area contributed by atoms with Crippen molar-refractivity contribution in [3.63, 3.8) is 0 Å². The molecule has 0 aliphatic carbocycles. The van der Waals surface area contributed by atoms with Crippen molar-refractivity contribution in [3.05, 3.63) is 26.6 Å². The Hall–Kier alpha value is -0.200. The van der Waals surface area contributed by atoms with Crippen molar-refractivity contribution < 1.29 is 13.9 Å². The number of halogens is 4. The van der Waals surface area contributed by atoms with Crippen molar-refractivity contribution >= 4 is 31.9 Å². The number of phenols is 1. The largest absolute Gasteiger partial charge is 0.506 e. The van der Waals surface area contributed by atoms with Crippen molar-refractivity contribution in [2.45, 2.75) is 12.5 Å². The van der Waals surface area contributed by atoms with Crippen molar-refractivity contribution in [1.29, 1.82) is 0 Å². The second kappa shape index (κ2) is 4.55. The van der Waals surface area contributed by atoms with E-state index in [0.29, 0.717) is 8.95 Å². The summed E-state index contributed by atoms with van der Waals surface area (Å²) in [4.78, 5) is 0. The van der Waals surface area contributed by atoms with E-state index in [-0.39, 0.29) is 11.3 Å². The molecular formula is C8H7Br2F2NO. The van der Waals surface area contributed by atoms with Crippen molar-refractivity contribution in [2.75, 3.05) is 0 Å². The molecule has 6 heteroatoms. The molecule has 1 rings (SSSR count). The van der Waals surface area contributed by atoms with E-state index in [0.717, 1.165) is 0 Å². The Balaban J connectivity index is 3.20. The highest BCUT2D eigenvalue weighted by atomic mass is 79.9. The minimum absolute atomic E-state index is 0.0150. The van der Waals surface area contributed by atoms with Crippen LogP contribution in [0.25, 0.3) is 0 Å². The van der Waals surface area contributed by atoms with Gasteiger partial charge >= 0.3 is 0 Å². The van der Waals surface area contributed by atoms with Gasteiger partial charge in [0.1, 0.15) is 5.75 Å². The predicted octanol–water partition coefficient (Wildman–Crippen LogP) is 3.18. The summed E-state index contributed by atoms with van der Waals surface area (Å²) < 4.78 is 25.5. The van der Waals surface area contributed by atoms with E-state index < -0.39 is 12.5 Å². The highest BCUT2D eigenvalue weighted by Gasteiger charge is 2.22. The Morgan fingerprint density at radius 3 is 2.36 bits per heavy atom. The van der Waals surface area contributed by atoms with Crippen LogP contribution in [-0.2, 0) is 0 Å². The van der Waals surface area contributed by atoms with Crippen LogP contribution in [0, 0.1) is 0 Å². The maximum absolute atomic E-state index is 12.3. The van der Waals surface area contributed by atoms with Gasteiger partial charge in [0, 0.05) is 10.0 Å². The molecule has 0 heterocycles. The molecule has 0 saturated heterocycles. The van der Waals surface area contributed by atoms with Gasteiger partial charge in [-0.15, -0.1) is 0 Å². The maximum Gasteiger partial charge on any atom is 0.257 e. The third-order valence-electron chi connectivity index (χ3n) is 1.69. The van der Waals surface area contributed by atoms with E-state index in [1.807, 2.05) is 0 Å². The molecule has 3 N–H and O–H groups in total. The second-order valence-corrected chi connectivity index (χ2v) is 4.46. The summed E-state index contributed by atoms with van der Waals surface area (Å²) >= 11 is 6.16. The molecule has 0 bridgehead atoms. The van der Waals surface area contributed by atoms with Gasteiger partial charge in [0.15, 0.2) is 0 Å². The molecule has 0 unspecified atom stereocenters. The fourth-order valence-corrected chi connectivity index (χ4v) is 2.23. The number of phenolic OH excluding ortho intramolecular Hbond substituents is 1. The summed E-state index contributed by atoms with van der Waals surface area (Å²) in [6.07, 6.45) is -2.71. The van der Waals surface area contributed by atoms with Gasteiger partial charge in [-0.1, -0.05) is 15.9 Å². The highest BCUT2D eigenvalue weighted by Crippen LogP contribution is 2.36. The predicted molar refractivity (Wildman–Crippen MR) is 56.4 cm³/mol. The number of benzene rings is 1. The molecule has 1 atom stereocenters. The van der Waals surface area contributed by atoms with E-state index in [4.69, 9.17) is 5.73 Å². The van der Waals surface area contributed by atoms with Crippen LogP contribution in [0.2, 0.25) is 0 Å². The van der Waals surface area contributed by atoms with Crippen LogP contribution in [0.1, 0.15) is 11.6 Å². The highest BCUT2D eigenvalue weighted by molar-refractivity contribution is 9.11. The molecule has 1 aromatic rings. The SMILES string of the molecule is N[C@@H](c1cc(Br)cc(Br)c1O)C(F)F. The first-order valence-electron chi connectivity index (χ1n) is 3.65. The average Bonchev–Trinajstić information content (AvgIpc) is 2.09. The third kappa shape index (κ3) is 2.43. The summed E-state index contributed by atoms with van der Waals surface area (Å²) in [7, 11) is 0. The Morgan fingerprint density at radius 1 is 1.29 bits per heavy atom. The number of hydrogen-bond acceptors (Lipinski definition) is 2. The quantitative estimate of drug-likeness (QED) is 0.874. The number of alkyl halides is 2. The zero-order valence-electron chi connectivity index (χ0n) is 6.85. The minimum Gasteiger partial charge on any atom is -0.506 e. The van der Waals surface area contributed by atoms with Crippen LogP contribution in [-0.4, -0.2) is 11.5 Å². The fraction of sp³-hybridized carbons (Fsp3) is 0.250. The van der Waals surface area contributed by atoms with Crippen molar-refractivity contribution in [2.24, 2.45) is 5.73 Å².